The van der Waals surface area contributed by atoms with Crippen molar-refractivity contribution < 1.29 is 17.9 Å². The quantitative estimate of drug-likeness (QED) is 0.870. The van der Waals surface area contributed by atoms with Gasteiger partial charge in [-0.05, 0) is 48.7 Å². The van der Waals surface area contributed by atoms with Crippen LogP contribution in [0.3, 0.4) is 0 Å². The van der Waals surface area contributed by atoms with E-state index >= 15 is 0 Å². The van der Waals surface area contributed by atoms with Gasteiger partial charge in [0, 0.05) is 18.5 Å². The Kier molecular flexibility index (Phi) is 5.18. The Morgan fingerprint density at radius 3 is 2.58 bits per heavy atom. The lowest BCUT2D eigenvalue weighted by molar-refractivity contribution is -0.115. The van der Waals surface area contributed by atoms with Crippen molar-refractivity contribution in [2.45, 2.75) is 17.7 Å². The minimum absolute atomic E-state index is 0.157. The Morgan fingerprint density at radius 1 is 1.19 bits per heavy atom. The number of rotatable bonds is 5. The maximum absolute atomic E-state index is 12.5. The number of carbonyl (C=O) groups is 1. The summed E-state index contributed by atoms with van der Waals surface area (Å²) in [6.45, 7) is 0.995. The van der Waals surface area contributed by atoms with E-state index < -0.39 is 9.84 Å². The molecule has 7 heteroatoms. The van der Waals surface area contributed by atoms with Gasteiger partial charge < -0.3 is 15.0 Å². The molecule has 1 heterocycles. The lowest BCUT2D eigenvalue weighted by Gasteiger charge is -2.32. The summed E-state index contributed by atoms with van der Waals surface area (Å²) in [6, 6.07) is 12.1. The molecule has 26 heavy (non-hydrogen) atoms. The van der Waals surface area contributed by atoms with E-state index in [-0.39, 0.29) is 17.3 Å². The van der Waals surface area contributed by atoms with Gasteiger partial charge in [0.1, 0.15) is 5.75 Å². The van der Waals surface area contributed by atoms with Crippen LogP contribution in [-0.4, -0.2) is 40.8 Å². The van der Waals surface area contributed by atoms with Crippen LogP contribution < -0.4 is 15.0 Å². The number of hydrogen-bond donors (Lipinski definition) is 1. The van der Waals surface area contributed by atoms with E-state index in [0.29, 0.717) is 5.69 Å². The summed E-state index contributed by atoms with van der Waals surface area (Å²) in [6.07, 6.45) is 3.11. The fourth-order valence-electron chi connectivity index (χ4n) is 3.18. The Hall–Kier alpha value is -2.54. The number of hydrogen-bond acceptors (Lipinski definition) is 5. The van der Waals surface area contributed by atoms with Crippen LogP contribution >= 0.6 is 0 Å². The number of fused-ring (bicyclic) bond motifs is 1. The predicted octanol–water partition coefficient (Wildman–Crippen LogP) is 2.49. The smallest absolute Gasteiger partial charge is 0.243 e. The molecule has 138 valence electrons. The van der Waals surface area contributed by atoms with Crippen LogP contribution in [0, 0.1) is 0 Å². The molecular weight excluding hydrogens is 352 g/mol. The van der Waals surface area contributed by atoms with E-state index in [9.17, 15) is 13.2 Å². The molecule has 2 aromatic carbocycles. The number of anilines is 2. The number of benzene rings is 2. The molecule has 0 bridgehead atoms. The summed E-state index contributed by atoms with van der Waals surface area (Å²) in [5.74, 6) is 0.614. The normalized spacial score (nSPS) is 13.8. The molecule has 0 atom stereocenters. The van der Waals surface area contributed by atoms with E-state index in [2.05, 4.69) is 11.4 Å². The molecule has 1 N–H and O–H groups in total. The fourth-order valence-corrected chi connectivity index (χ4v) is 3.81. The lowest BCUT2D eigenvalue weighted by atomic mass is 10.0. The monoisotopic (exact) mass is 374 g/mol. The van der Waals surface area contributed by atoms with Crippen LogP contribution in [0.1, 0.15) is 12.0 Å². The van der Waals surface area contributed by atoms with Gasteiger partial charge >= 0.3 is 0 Å². The second kappa shape index (κ2) is 7.37. The van der Waals surface area contributed by atoms with Gasteiger partial charge in [0.2, 0.25) is 5.91 Å². The van der Waals surface area contributed by atoms with Crippen LogP contribution in [0.25, 0.3) is 0 Å². The van der Waals surface area contributed by atoms with Gasteiger partial charge in [0.05, 0.1) is 24.2 Å². The van der Waals surface area contributed by atoms with Crippen molar-refractivity contribution in [3.05, 3.63) is 48.0 Å². The zero-order valence-corrected chi connectivity index (χ0v) is 15.7. The molecule has 0 saturated heterocycles. The maximum atomic E-state index is 12.5. The van der Waals surface area contributed by atoms with Crippen molar-refractivity contribution in [1.82, 2.24) is 0 Å². The molecule has 0 saturated carbocycles. The minimum atomic E-state index is -3.25. The number of para-hydroxylation sites is 1. The van der Waals surface area contributed by atoms with Crippen molar-refractivity contribution in [1.29, 1.82) is 0 Å². The van der Waals surface area contributed by atoms with Crippen molar-refractivity contribution in [2.24, 2.45) is 0 Å². The molecular formula is C19H22N2O4S. The maximum Gasteiger partial charge on any atom is 0.243 e. The topological polar surface area (TPSA) is 75.7 Å². The Morgan fingerprint density at radius 2 is 1.92 bits per heavy atom. The van der Waals surface area contributed by atoms with Gasteiger partial charge in [-0.1, -0.05) is 12.1 Å². The molecule has 1 amide bonds. The highest BCUT2D eigenvalue weighted by Crippen LogP contribution is 2.35. The molecule has 0 spiro atoms. The molecule has 0 aliphatic carbocycles. The van der Waals surface area contributed by atoms with Crippen LogP contribution in [0.5, 0.6) is 5.75 Å². The number of amides is 1. The first kappa shape index (κ1) is 18.3. The van der Waals surface area contributed by atoms with Gasteiger partial charge in [0.15, 0.2) is 9.84 Å². The van der Waals surface area contributed by atoms with Gasteiger partial charge in [-0.2, -0.15) is 0 Å². The van der Waals surface area contributed by atoms with Gasteiger partial charge in [-0.3, -0.25) is 4.79 Å². The van der Waals surface area contributed by atoms with Crippen LogP contribution in [0.2, 0.25) is 0 Å². The number of nitrogens with one attached hydrogen (secondary N) is 1. The van der Waals surface area contributed by atoms with Crippen LogP contribution in [0.15, 0.2) is 47.4 Å². The standard InChI is InChI=1S/C19H22N2O4S/c1-25-17-7-3-5-14-6-4-12-21(19(14)17)13-18(22)20-15-8-10-16(11-9-15)26(2,23)24/h3,5,7-11H,4,6,12-13H2,1-2H3,(H,20,22). The van der Waals surface area contributed by atoms with E-state index in [1.807, 2.05) is 17.0 Å². The molecule has 3 rings (SSSR count). The first-order valence-electron chi connectivity index (χ1n) is 8.39. The number of methoxy groups -OCH3 is 1. The minimum Gasteiger partial charge on any atom is -0.495 e. The fraction of sp³-hybridized carbons (Fsp3) is 0.316. The Labute approximate surface area is 153 Å². The van der Waals surface area contributed by atoms with Crippen molar-refractivity contribution in [3.63, 3.8) is 0 Å². The van der Waals surface area contributed by atoms with Gasteiger partial charge in [-0.15, -0.1) is 0 Å². The summed E-state index contributed by atoms with van der Waals surface area (Å²) in [7, 11) is -1.62. The molecule has 0 radical (unpaired) electrons. The third-order valence-corrected chi connectivity index (χ3v) is 5.52. The highest BCUT2D eigenvalue weighted by molar-refractivity contribution is 7.90. The SMILES string of the molecule is COc1cccc2c1N(CC(=O)Nc1ccc(S(C)(=O)=O)cc1)CCC2. The number of ether oxygens (including phenoxy) is 1. The molecule has 1 aliphatic rings. The number of sulfone groups is 1. The third-order valence-electron chi connectivity index (χ3n) is 4.39. The summed E-state index contributed by atoms with van der Waals surface area (Å²) in [5.41, 5.74) is 2.73. The molecule has 0 fully saturated rings. The first-order valence-corrected chi connectivity index (χ1v) is 10.3. The molecule has 6 nitrogen and oxygen atoms in total. The van der Waals surface area contributed by atoms with Gasteiger partial charge in [0.25, 0.3) is 0 Å². The lowest BCUT2D eigenvalue weighted by Crippen LogP contribution is -2.37. The van der Waals surface area contributed by atoms with E-state index in [0.717, 1.165) is 37.1 Å². The summed E-state index contributed by atoms with van der Waals surface area (Å²) in [5, 5.41) is 2.82. The predicted molar refractivity (Wildman–Crippen MR) is 102 cm³/mol. The number of carbonyl (C=O) groups excluding carboxylic acids is 1. The van der Waals surface area contributed by atoms with Gasteiger partial charge in [-0.25, -0.2) is 8.42 Å². The zero-order chi connectivity index (χ0) is 18.7. The van der Waals surface area contributed by atoms with Crippen molar-refractivity contribution in [3.8, 4) is 5.75 Å². The number of aryl methyl sites for hydroxylation is 1. The molecule has 0 aromatic heterocycles. The highest BCUT2D eigenvalue weighted by Gasteiger charge is 2.22. The second-order valence-electron chi connectivity index (χ2n) is 6.34. The Bertz CT molecular complexity index is 893. The highest BCUT2D eigenvalue weighted by atomic mass is 32.2. The molecule has 2 aromatic rings. The second-order valence-corrected chi connectivity index (χ2v) is 8.35. The molecule has 1 aliphatic heterocycles. The first-order chi connectivity index (χ1) is 12.4. The van der Waals surface area contributed by atoms with E-state index in [4.69, 9.17) is 4.74 Å². The molecule has 0 unspecified atom stereocenters. The van der Waals surface area contributed by atoms with E-state index in [1.165, 1.54) is 17.7 Å². The summed E-state index contributed by atoms with van der Waals surface area (Å²) < 4.78 is 28.5. The van der Waals surface area contributed by atoms with Crippen molar-refractivity contribution in [2.75, 3.05) is 36.7 Å². The number of nitrogens with zero attached hydrogens (tertiary/aromatic N) is 1. The summed E-state index contributed by atoms with van der Waals surface area (Å²) >= 11 is 0. The largest absolute Gasteiger partial charge is 0.495 e. The zero-order valence-electron chi connectivity index (χ0n) is 14.9. The van der Waals surface area contributed by atoms with Crippen LogP contribution in [0.4, 0.5) is 11.4 Å². The average Bonchev–Trinajstić information content (AvgIpc) is 2.61. The average molecular weight is 374 g/mol. The summed E-state index contributed by atoms with van der Waals surface area (Å²) in [4.78, 5) is 14.7. The van der Waals surface area contributed by atoms with E-state index in [1.54, 1.807) is 19.2 Å². The Balaban J connectivity index is 1.72. The van der Waals surface area contributed by atoms with Crippen LogP contribution in [-0.2, 0) is 21.1 Å². The third kappa shape index (κ3) is 3.99. The van der Waals surface area contributed by atoms with Crippen molar-refractivity contribution >= 4 is 27.1 Å².